The van der Waals surface area contributed by atoms with Crippen LogP contribution in [0.25, 0.3) is 0 Å². The number of hydrogen-bond donors (Lipinski definition) is 3. The highest BCUT2D eigenvalue weighted by Gasteiger charge is 1.98. The van der Waals surface area contributed by atoms with Gasteiger partial charge in [-0.15, -0.1) is 0 Å². The molecule has 1 rings (SSSR count). The summed E-state index contributed by atoms with van der Waals surface area (Å²) in [5.74, 6) is 0. The van der Waals surface area contributed by atoms with Crippen LogP contribution in [0.2, 0.25) is 0 Å². The molecule has 0 aromatic carbocycles. The van der Waals surface area contributed by atoms with Crippen LogP contribution in [0.1, 0.15) is 0 Å². The minimum atomic E-state index is 0.635. The summed E-state index contributed by atoms with van der Waals surface area (Å²) in [6, 6.07) is 0. The van der Waals surface area contributed by atoms with E-state index in [4.69, 9.17) is 11.1 Å². The van der Waals surface area contributed by atoms with Gasteiger partial charge in [-0.1, -0.05) is 6.08 Å². The molecule has 0 spiro atoms. The Morgan fingerprint density at radius 2 is 2.56 bits per heavy atom. The Kier molecular flexibility index (Phi) is 1.53. The molecule has 3 nitrogen and oxygen atoms in total. The maximum absolute atomic E-state index is 6.87. The number of dihydropyridines is 1. The van der Waals surface area contributed by atoms with Gasteiger partial charge in [-0.3, -0.25) is 0 Å². The molecule has 0 fully saturated rings. The zero-order chi connectivity index (χ0) is 6.69. The van der Waals surface area contributed by atoms with Crippen molar-refractivity contribution in [3.05, 3.63) is 23.5 Å². The molecule has 0 aromatic heterocycles. The summed E-state index contributed by atoms with van der Waals surface area (Å²) in [5, 5.41) is 9.81. The molecule has 4 N–H and O–H groups in total. The van der Waals surface area contributed by atoms with Crippen molar-refractivity contribution in [3.8, 4) is 0 Å². The predicted octanol–water partition coefficient (Wildman–Crippen LogP) is -0.0343. The van der Waals surface area contributed by atoms with Crippen molar-refractivity contribution in [1.29, 1.82) is 5.41 Å². The molecule has 1 aliphatic heterocycles. The first-order valence-corrected chi connectivity index (χ1v) is 2.75. The second-order valence-corrected chi connectivity index (χ2v) is 1.80. The summed E-state index contributed by atoms with van der Waals surface area (Å²) in [6.45, 7) is 0.769. The lowest BCUT2D eigenvalue weighted by Gasteiger charge is -2.09. The second kappa shape index (κ2) is 2.35. The molecular formula is C6H9N3. The van der Waals surface area contributed by atoms with E-state index >= 15 is 0 Å². The van der Waals surface area contributed by atoms with Crippen molar-refractivity contribution < 1.29 is 0 Å². The van der Waals surface area contributed by atoms with E-state index < -0.39 is 0 Å². The quantitative estimate of drug-likeness (QED) is 0.428. The van der Waals surface area contributed by atoms with Crippen LogP contribution in [0.3, 0.4) is 0 Å². The number of rotatable bonds is 1. The largest absolute Gasteiger partial charge is 0.397 e. The molecule has 0 aliphatic carbocycles. The van der Waals surface area contributed by atoms with Crippen molar-refractivity contribution in [2.75, 3.05) is 6.54 Å². The summed E-state index contributed by atoms with van der Waals surface area (Å²) in [7, 11) is 0. The topological polar surface area (TPSA) is 61.9 Å². The van der Waals surface area contributed by atoms with Crippen LogP contribution < -0.4 is 11.1 Å². The highest BCUT2D eigenvalue weighted by Crippen LogP contribution is 1.97. The van der Waals surface area contributed by atoms with Crippen LogP contribution in [-0.4, -0.2) is 12.8 Å². The highest BCUT2D eigenvalue weighted by molar-refractivity contribution is 5.77. The predicted molar refractivity (Wildman–Crippen MR) is 37.1 cm³/mol. The first-order valence-electron chi connectivity index (χ1n) is 2.75. The molecule has 0 saturated heterocycles. The molecule has 48 valence electrons. The van der Waals surface area contributed by atoms with E-state index in [1.807, 2.05) is 6.08 Å². The molecular weight excluding hydrogens is 114 g/mol. The summed E-state index contributed by atoms with van der Waals surface area (Å²) in [6.07, 6.45) is 4.94. The zero-order valence-electron chi connectivity index (χ0n) is 5.02. The Balaban J connectivity index is 2.84. The van der Waals surface area contributed by atoms with E-state index in [2.05, 4.69) is 5.32 Å². The summed E-state index contributed by atoms with van der Waals surface area (Å²) in [5.41, 5.74) is 6.81. The summed E-state index contributed by atoms with van der Waals surface area (Å²) >= 11 is 0. The van der Waals surface area contributed by atoms with Gasteiger partial charge in [0.05, 0.1) is 11.4 Å². The third kappa shape index (κ3) is 1.10. The molecule has 1 heterocycles. The van der Waals surface area contributed by atoms with Crippen LogP contribution >= 0.6 is 0 Å². The molecule has 0 saturated carbocycles. The monoisotopic (exact) mass is 123 g/mol. The van der Waals surface area contributed by atoms with Gasteiger partial charge in [0.1, 0.15) is 0 Å². The van der Waals surface area contributed by atoms with Gasteiger partial charge in [0.25, 0.3) is 0 Å². The summed E-state index contributed by atoms with van der Waals surface area (Å²) in [4.78, 5) is 0. The molecule has 0 bridgehead atoms. The minimum Gasteiger partial charge on any atom is -0.397 e. The lowest BCUT2D eigenvalue weighted by atomic mass is 10.2. The third-order valence-electron chi connectivity index (χ3n) is 1.16. The van der Waals surface area contributed by atoms with Crippen molar-refractivity contribution in [2.24, 2.45) is 5.73 Å². The molecule has 0 aromatic rings. The van der Waals surface area contributed by atoms with Gasteiger partial charge < -0.3 is 16.5 Å². The van der Waals surface area contributed by atoms with Gasteiger partial charge in [0.15, 0.2) is 0 Å². The van der Waals surface area contributed by atoms with Crippen LogP contribution in [0.15, 0.2) is 23.5 Å². The maximum atomic E-state index is 6.87. The lowest BCUT2D eigenvalue weighted by molar-refractivity contribution is 0.916. The Labute approximate surface area is 53.8 Å². The lowest BCUT2D eigenvalue weighted by Crippen LogP contribution is -2.21. The van der Waals surface area contributed by atoms with E-state index in [-0.39, 0.29) is 0 Å². The van der Waals surface area contributed by atoms with Crippen LogP contribution in [0, 0.1) is 5.41 Å². The third-order valence-corrected chi connectivity index (χ3v) is 1.16. The van der Waals surface area contributed by atoms with E-state index in [9.17, 15) is 0 Å². The van der Waals surface area contributed by atoms with E-state index in [0.29, 0.717) is 11.4 Å². The molecule has 9 heavy (non-hydrogen) atoms. The van der Waals surface area contributed by atoms with E-state index in [1.54, 1.807) is 6.08 Å². The Hall–Kier alpha value is -1.25. The fourth-order valence-electron chi connectivity index (χ4n) is 0.681. The van der Waals surface area contributed by atoms with Gasteiger partial charge >= 0.3 is 0 Å². The SMILES string of the molecule is N=CC1=C(N)C=CCN1. The van der Waals surface area contributed by atoms with Crippen molar-refractivity contribution in [2.45, 2.75) is 0 Å². The molecule has 1 aliphatic rings. The maximum Gasteiger partial charge on any atom is 0.0754 e. The fraction of sp³-hybridized carbons (Fsp3) is 0.167. The van der Waals surface area contributed by atoms with Gasteiger partial charge in [-0.05, 0) is 6.08 Å². The highest BCUT2D eigenvalue weighted by atomic mass is 14.9. The summed E-state index contributed by atoms with van der Waals surface area (Å²) < 4.78 is 0. The molecule has 0 atom stereocenters. The normalized spacial score (nSPS) is 17.3. The smallest absolute Gasteiger partial charge is 0.0754 e. The Morgan fingerprint density at radius 1 is 1.78 bits per heavy atom. The first kappa shape index (κ1) is 5.88. The average Bonchev–Trinajstić information content (AvgIpc) is 1.89. The van der Waals surface area contributed by atoms with Crippen molar-refractivity contribution in [3.63, 3.8) is 0 Å². The zero-order valence-corrected chi connectivity index (χ0v) is 5.02. The van der Waals surface area contributed by atoms with Crippen LogP contribution in [0.4, 0.5) is 0 Å². The molecule has 0 amide bonds. The fourth-order valence-corrected chi connectivity index (χ4v) is 0.681. The first-order chi connectivity index (χ1) is 4.34. The molecule has 0 radical (unpaired) electrons. The number of hydrogen-bond acceptors (Lipinski definition) is 3. The van der Waals surface area contributed by atoms with Crippen LogP contribution in [-0.2, 0) is 0 Å². The molecule has 3 heteroatoms. The van der Waals surface area contributed by atoms with Crippen LogP contribution in [0.5, 0.6) is 0 Å². The number of nitrogens with one attached hydrogen (secondary N) is 2. The number of allylic oxidation sites excluding steroid dienone is 2. The van der Waals surface area contributed by atoms with Gasteiger partial charge in [0, 0.05) is 12.8 Å². The van der Waals surface area contributed by atoms with Gasteiger partial charge in [-0.25, -0.2) is 0 Å². The minimum absolute atomic E-state index is 0.635. The number of nitrogens with two attached hydrogens (primary N) is 1. The second-order valence-electron chi connectivity index (χ2n) is 1.80. The van der Waals surface area contributed by atoms with Gasteiger partial charge in [0.2, 0.25) is 0 Å². The van der Waals surface area contributed by atoms with E-state index in [0.717, 1.165) is 6.54 Å². The molecule has 0 unspecified atom stereocenters. The van der Waals surface area contributed by atoms with Crippen molar-refractivity contribution in [1.82, 2.24) is 5.32 Å². The van der Waals surface area contributed by atoms with Gasteiger partial charge in [-0.2, -0.15) is 0 Å². The average molecular weight is 123 g/mol. The van der Waals surface area contributed by atoms with Crippen molar-refractivity contribution >= 4 is 6.21 Å². The van der Waals surface area contributed by atoms with E-state index in [1.165, 1.54) is 6.21 Å². The Bertz CT molecular complexity index is 179. The standard InChI is InChI=1S/C6H9N3/c7-4-6-5(8)2-1-3-9-6/h1-2,4,7,9H,3,8H2. The Morgan fingerprint density at radius 3 is 3.00 bits per heavy atom.